The van der Waals surface area contributed by atoms with E-state index in [4.69, 9.17) is 0 Å². The number of hydrogen-bond acceptors (Lipinski definition) is 3. The van der Waals surface area contributed by atoms with E-state index in [9.17, 15) is 10.2 Å². The molecule has 3 aliphatic rings. The van der Waals surface area contributed by atoms with Gasteiger partial charge in [0.2, 0.25) is 0 Å². The molecule has 3 aliphatic carbocycles. The largest absolute Gasteiger partial charge is 0.393 e. The maximum atomic E-state index is 11.8. The van der Waals surface area contributed by atoms with Gasteiger partial charge in [0.15, 0.2) is 0 Å². The van der Waals surface area contributed by atoms with Gasteiger partial charge < -0.3 is 10.2 Å². The zero-order valence-electron chi connectivity index (χ0n) is 21.7. The van der Waals surface area contributed by atoms with Crippen molar-refractivity contribution >= 4 is 0 Å². The smallest absolute Gasteiger partial charge is 0.0653 e. The van der Waals surface area contributed by atoms with Crippen molar-refractivity contribution in [1.82, 2.24) is 4.98 Å². The first-order valence-corrected chi connectivity index (χ1v) is 14.0. The van der Waals surface area contributed by atoms with E-state index in [2.05, 4.69) is 38.7 Å². The molecule has 1 aromatic rings. The standard InChI is InChI=1S/C30H49NO2/c1-5-8-26-25-11-10-23-19-24(32)13-16-29(23,4)27(25)14-15-28(26,3)21-30(33,6-2)17-12-22-9-7-18-31-20-22/h7,9,18,20,23-27,32-33H,5-6,8,10-17,19,21H2,1-4H3/t23?,24-,25-,26?,27?,28+,29-,30?/m0/s1. The predicted molar refractivity (Wildman–Crippen MR) is 136 cm³/mol. The van der Waals surface area contributed by atoms with Crippen LogP contribution >= 0.6 is 0 Å². The number of hydrogen-bond donors (Lipinski definition) is 2. The SMILES string of the molecule is CCCC1[C@@H]2CCC3C[C@@H](O)CC[C@]3(C)C2CC[C@]1(C)CC(O)(CC)CCc1cccnc1. The lowest BCUT2D eigenvalue weighted by Gasteiger charge is -2.62. The number of aliphatic hydroxyl groups is 2. The van der Waals surface area contributed by atoms with Crippen LogP contribution in [0.1, 0.15) is 110 Å². The van der Waals surface area contributed by atoms with Crippen LogP contribution in [0.25, 0.3) is 0 Å². The third kappa shape index (κ3) is 5.06. The molecule has 1 heterocycles. The zero-order valence-corrected chi connectivity index (χ0v) is 21.7. The van der Waals surface area contributed by atoms with Crippen LogP contribution < -0.4 is 0 Å². The van der Waals surface area contributed by atoms with Crippen LogP contribution in [0, 0.1) is 34.5 Å². The number of pyridine rings is 1. The summed E-state index contributed by atoms with van der Waals surface area (Å²) in [5.74, 6) is 3.02. The van der Waals surface area contributed by atoms with Gasteiger partial charge in [-0.2, -0.15) is 0 Å². The minimum atomic E-state index is -0.598. The summed E-state index contributed by atoms with van der Waals surface area (Å²) in [5.41, 5.74) is 1.26. The molecule has 2 N–H and O–H groups in total. The van der Waals surface area contributed by atoms with Crippen molar-refractivity contribution in [2.45, 2.75) is 123 Å². The normalized spacial score (nSPS) is 40.5. The fourth-order valence-corrected chi connectivity index (χ4v) is 8.79. The first kappa shape index (κ1) is 25.2. The van der Waals surface area contributed by atoms with E-state index in [1.807, 2.05) is 18.5 Å². The Morgan fingerprint density at radius 3 is 2.64 bits per heavy atom. The lowest BCUT2D eigenvalue weighted by Crippen LogP contribution is -2.55. The molecular formula is C30H49NO2. The molecule has 4 unspecified atom stereocenters. The molecule has 33 heavy (non-hydrogen) atoms. The van der Waals surface area contributed by atoms with Gasteiger partial charge in [0.1, 0.15) is 0 Å². The van der Waals surface area contributed by atoms with Crippen LogP contribution in [-0.4, -0.2) is 26.9 Å². The average molecular weight is 456 g/mol. The van der Waals surface area contributed by atoms with Crippen molar-refractivity contribution in [3.05, 3.63) is 30.1 Å². The van der Waals surface area contributed by atoms with Crippen LogP contribution in [-0.2, 0) is 6.42 Å². The van der Waals surface area contributed by atoms with E-state index in [0.717, 1.165) is 50.4 Å². The zero-order chi connectivity index (χ0) is 23.7. The Morgan fingerprint density at radius 1 is 1.12 bits per heavy atom. The average Bonchev–Trinajstić information content (AvgIpc) is 2.81. The highest BCUT2D eigenvalue weighted by atomic mass is 16.3. The molecule has 3 heteroatoms. The molecular weight excluding hydrogens is 406 g/mol. The molecule has 3 nitrogen and oxygen atoms in total. The maximum Gasteiger partial charge on any atom is 0.0653 e. The van der Waals surface area contributed by atoms with Crippen molar-refractivity contribution in [2.75, 3.05) is 0 Å². The van der Waals surface area contributed by atoms with Crippen molar-refractivity contribution in [1.29, 1.82) is 0 Å². The van der Waals surface area contributed by atoms with Crippen LogP contribution in [0.3, 0.4) is 0 Å². The number of aliphatic hydroxyl groups excluding tert-OH is 1. The van der Waals surface area contributed by atoms with E-state index >= 15 is 0 Å². The predicted octanol–water partition coefficient (Wildman–Crippen LogP) is 6.96. The Kier molecular flexibility index (Phi) is 7.61. The molecule has 0 radical (unpaired) electrons. The minimum Gasteiger partial charge on any atom is -0.393 e. The Hall–Kier alpha value is -0.930. The van der Waals surface area contributed by atoms with Crippen molar-refractivity contribution in [3.63, 3.8) is 0 Å². The van der Waals surface area contributed by atoms with Crippen LogP contribution in [0.15, 0.2) is 24.5 Å². The second-order valence-electron chi connectivity index (χ2n) is 12.7. The molecule has 3 saturated carbocycles. The molecule has 0 spiro atoms. The topological polar surface area (TPSA) is 53.4 Å². The van der Waals surface area contributed by atoms with E-state index in [0.29, 0.717) is 17.3 Å². The number of aromatic nitrogens is 1. The highest BCUT2D eigenvalue weighted by molar-refractivity contribution is 5.10. The summed E-state index contributed by atoms with van der Waals surface area (Å²) in [4.78, 5) is 4.27. The summed E-state index contributed by atoms with van der Waals surface area (Å²) in [6.07, 6.45) is 18.1. The van der Waals surface area contributed by atoms with Gasteiger partial charge in [0.05, 0.1) is 11.7 Å². The molecule has 3 fully saturated rings. The lowest BCUT2D eigenvalue weighted by atomic mass is 9.43. The second-order valence-corrected chi connectivity index (χ2v) is 12.7. The number of rotatable bonds is 8. The molecule has 1 aromatic heterocycles. The van der Waals surface area contributed by atoms with Gasteiger partial charge >= 0.3 is 0 Å². The third-order valence-electron chi connectivity index (χ3n) is 10.7. The highest BCUT2D eigenvalue weighted by Gasteiger charge is 2.57. The summed E-state index contributed by atoms with van der Waals surface area (Å²) >= 11 is 0. The molecule has 0 bridgehead atoms. The molecule has 0 amide bonds. The first-order valence-electron chi connectivity index (χ1n) is 14.0. The monoisotopic (exact) mass is 455 g/mol. The van der Waals surface area contributed by atoms with E-state index < -0.39 is 5.60 Å². The third-order valence-corrected chi connectivity index (χ3v) is 10.7. The van der Waals surface area contributed by atoms with E-state index in [1.165, 1.54) is 50.5 Å². The van der Waals surface area contributed by atoms with E-state index in [-0.39, 0.29) is 11.5 Å². The van der Waals surface area contributed by atoms with Gasteiger partial charge in [-0.3, -0.25) is 4.98 Å². The number of nitrogens with zero attached hydrogens (tertiary/aromatic N) is 1. The second kappa shape index (κ2) is 9.97. The van der Waals surface area contributed by atoms with Gasteiger partial charge in [-0.1, -0.05) is 40.2 Å². The maximum absolute atomic E-state index is 11.8. The number of fused-ring (bicyclic) bond motifs is 3. The molecule has 4 rings (SSSR count). The molecule has 0 aromatic carbocycles. The van der Waals surface area contributed by atoms with Crippen LogP contribution in [0.2, 0.25) is 0 Å². The lowest BCUT2D eigenvalue weighted by molar-refractivity contribution is -0.145. The Balaban J connectivity index is 1.52. The van der Waals surface area contributed by atoms with Gasteiger partial charge in [-0.25, -0.2) is 0 Å². The highest BCUT2D eigenvalue weighted by Crippen LogP contribution is 2.65. The fraction of sp³-hybridized carbons (Fsp3) is 0.833. The number of aryl methyl sites for hydroxylation is 1. The fourth-order valence-electron chi connectivity index (χ4n) is 8.79. The summed E-state index contributed by atoms with van der Waals surface area (Å²) < 4.78 is 0. The Labute approximate surface area is 202 Å². The Bertz CT molecular complexity index is 768. The summed E-state index contributed by atoms with van der Waals surface area (Å²) in [6, 6.07) is 4.14. The van der Waals surface area contributed by atoms with Gasteiger partial charge in [-0.15, -0.1) is 0 Å². The van der Waals surface area contributed by atoms with Gasteiger partial charge in [0.25, 0.3) is 0 Å². The molecule has 8 atom stereocenters. The van der Waals surface area contributed by atoms with Crippen LogP contribution in [0.4, 0.5) is 0 Å². The summed E-state index contributed by atoms with van der Waals surface area (Å²) in [7, 11) is 0. The van der Waals surface area contributed by atoms with E-state index in [1.54, 1.807) is 0 Å². The molecule has 0 saturated heterocycles. The van der Waals surface area contributed by atoms with Gasteiger partial charge in [0, 0.05) is 12.4 Å². The molecule has 186 valence electrons. The summed E-state index contributed by atoms with van der Waals surface area (Å²) in [6.45, 7) is 9.62. The van der Waals surface area contributed by atoms with Gasteiger partial charge in [-0.05, 0) is 123 Å². The molecule has 0 aliphatic heterocycles. The summed E-state index contributed by atoms with van der Waals surface area (Å²) in [5, 5.41) is 22.1. The van der Waals surface area contributed by atoms with Crippen molar-refractivity contribution in [2.24, 2.45) is 34.5 Å². The first-order chi connectivity index (χ1) is 15.7. The minimum absolute atomic E-state index is 0.0701. The van der Waals surface area contributed by atoms with Crippen molar-refractivity contribution < 1.29 is 10.2 Å². The Morgan fingerprint density at radius 2 is 1.94 bits per heavy atom. The quantitative estimate of drug-likeness (QED) is 0.446. The van der Waals surface area contributed by atoms with Crippen LogP contribution in [0.5, 0.6) is 0 Å². The van der Waals surface area contributed by atoms with Crippen molar-refractivity contribution in [3.8, 4) is 0 Å².